The minimum Gasteiger partial charge on any atom is -0.357 e. The summed E-state index contributed by atoms with van der Waals surface area (Å²) in [6.07, 6.45) is -4.73. The maximum absolute atomic E-state index is 13.6. The van der Waals surface area contributed by atoms with Gasteiger partial charge in [0.15, 0.2) is 0 Å². The Hall–Kier alpha value is -3.86. The summed E-state index contributed by atoms with van der Waals surface area (Å²) in [6.45, 7) is 2.54. The number of anilines is 1. The van der Waals surface area contributed by atoms with Crippen LogP contribution in [0.4, 0.5) is 18.9 Å². The van der Waals surface area contributed by atoms with E-state index in [-0.39, 0.29) is 17.1 Å². The Morgan fingerprint density at radius 2 is 1.58 bits per heavy atom. The molecule has 0 saturated heterocycles. The van der Waals surface area contributed by atoms with Crippen molar-refractivity contribution in [2.75, 3.05) is 17.9 Å². The van der Waals surface area contributed by atoms with Crippen LogP contribution in [0.3, 0.4) is 0 Å². The van der Waals surface area contributed by atoms with Gasteiger partial charge in [0.1, 0.15) is 12.6 Å². The number of rotatable bonds is 9. The van der Waals surface area contributed by atoms with E-state index in [4.69, 9.17) is 0 Å². The Bertz CT molecular complexity index is 1380. The van der Waals surface area contributed by atoms with E-state index in [1.807, 2.05) is 19.1 Å². The molecule has 0 radical (unpaired) electrons. The highest BCUT2D eigenvalue weighted by Gasteiger charge is 2.35. The van der Waals surface area contributed by atoms with Gasteiger partial charge in [0, 0.05) is 13.6 Å². The van der Waals surface area contributed by atoms with Gasteiger partial charge in [-0.05, 0) is 49.7 Å². The monoisotopic (exact) mass is 547 g/mol. The van der Waals surface area contributed by atoms with Crippen molar-refractivity contribution in [1.29, 1.82) is 0 Å². The number of alkyl halides is 3. The van der Waals surface area contributed by atoms with Gasteiger partial charge in [0.2, 0.25) is 11.8 Å². The van der Waals surface area contributed by atoms with Gasteiger partial charge in [-0.1, -0.05) is 54.1 Å². The molecule has 0 aliphatic carbocycles. The summed E-state index contributed by atoms with van der Waals surface area (Å²) < 4.78 is 68.2. The lowest BCUT2D eigenvalue weighted by atomic mass is 10.1. The lowest BCUT2D eigenvalue weighted by molar-refractivity contribution is -0.139. The number of amides is 2. The molecule has 0 saturated carbocycles. The van der Waals surface area contributed by atoms with Crippen molar-refractivity contribution in [2.45, 2.75) is 37.5 Å². The Kier molecular flexibility index (Phi) is 8.82. The molecule has 1 atom stereocenters. The number of nitrogens with zero attached hydrogens (tertiary/aromatic N) is 2. The number of halogens is 3. The van der Waals surface area contributed by atoms with Crippen LogP contribution in [0.2, 0.25) is 0 Å². The Labute approximate surface area is 219 Å². The summed E-state index contributed by atoms with van der Waals surface area (Å²) in [5.74, 6) is -1.25. The molecule has 7 nitrogen and oxygen atoms in total. The van der Waals surface area contributed by atoms with Crippen LogP contribution >= 0.6 is 0 Å². The zero-order valence-electron chi connectivity index (χ0n) is 21.1. The second kappa shape index (κ2) is 11.7. The van der Waals surface area contributed by atoms with Gasteiger partial charge >= 0.3 is 6.18 Å². The third-order valence-corrected chi connectivity index (χ3v) is 7.75. The molecular formula is C27H28F3N3O4S. The van der Waals surface area contributed by atoms with Gasteiger partial charge < -0.3 is 10.2 Å². The summed E-state index contributed by atoms with van der Waals surface area (Å²) >= 11 is 0. The number of likely N-dealkylation sites (N-methyl/N-ethyl adjacent to an activating group) is 1. The molecule has 0 aliphatic rings. The summed E-state index contributed by atoms with van der Waals surface area (Å²) in [7, 11) is -3.05. The largest absolute Gasteiger partial charge is 0.416 e. The van der Waals surface area contributed by atoms with Crippen molar-refractivity contribution in [3.63, 3.8) is 0 Å². The molecule has 0 fully saturated rings. The molecule has 3 aromatic rings. The van der Waals surface area contributed by atoms with Gasteiger partial charge in [0.25, 0.3) is 10.0 Å². The van der Waals surface area contributed by atoms with Crippen molar-refractivity contribution in [3.8, 4) is 0 Å². The number of carbonyl (C=O) groups is 2. The fourth-order valence-corrected chi connectivity index (χ4v) is 5.19. The zero-order chi connectivity index (χ0) is 28.1. The van der Waals surface area contributed by atoms with Crippen molar-refractivity contribution < 1.29 is 31.2 Å². The van der Waals surface area contributed by atoms with E-state index in [0.29, 0.717) is 15.9 Å². The van der Waals surface area contributed by atoms with Crippen LogP contribution < -0.4 is 9.62 Å². The maximum Gasteiger partial charge on any atom is 0.416 e. The second-order valence-corrected chi connectivity index (χ2v) is 10.5. The molecule has 0 spiro atoms. The van der Waals surface area contributed by atoms with E-state index in [9.17, 15) is 31.2 Å². The van der Waals surface area contributed by atoms with E-state index in [0.717, 1.165) is 17.7 Å². The van der Waals surface area contributed by atoms with Crippen molar-refractivity contribution in [1.82, 2.24) is 10.2 Å². The minimum atomic E-state index is -4.73. The number of hydrogen-bond donors (Lipinski definition) is 1. The standard InChI is InChI=1S/C27H28F3N3O4S/c1-19-12-14-21(15-13-19)17-32(20(2)26(35)31-3)25(34)18-33(38(36,37)24-10-5-4-6-11-24)23-9-7-8-22(16-23)27(28,29)30/h4-16,20H,17-18H2,1-3H3,(H,31,35)/t20-/m1/s1. The topological polar surface area (TPSA) is 86.8 Å². The average Bonchev–Trinajstić information content (AvgIpc) is 2.90. The van der Waals surface area contributed by atoms with Crippen molar-refractivity contribution >= 4 is 27.5 Å². The molecule has 0 heterocycles. The number of carbonyl (C=O) groups excluding carboxylic acids is 2. The second-order valence-electron chi connectivity index (χ2n) is 8.67. The fourth-order valence-electron chi connectivity index (χ4n) is 3.77. The maximum atomic E-state index is 13.6. The SMILES string of the molecule is CNC(=O)[C@@H](C)N(Cc1ccc(C)cc1)C(=O)CN(c1cccc(C(F)(F)F)c1)S(=O)(=O)c1ccccc1. The van der Waals surface area contributed by atoms with Gasteiger partial charge in [0.05, 0.1) is 16.1 Å². The first-order chi connectivity index (χ1) is 17.8. The molecule has 0 bridgehead atoms. The molecule has 0 aromatic heterocycles. The van der Waals surface area contributed by atoms with Crippen LogP contribution in [0, 0.1) is 6.92 Å². The Balaban J connectivity index is 2.07. The van der Waals surface area contributed by atoms with Crippen LogP contribution in [0.5, 0.6) is 0 Å². The van der Waals surface area contributed by atoms with E-state index in [1.165, 1.54) is 49.2 Å². The van der Waals surface area contributed by atoms with E-state index < -0.39 is 46.2 Å². The molecule has 11 heteroatoms. The van der Waals surface area contributed by atoms with E-state index in [2.05, 4.69) is 5.32 Å². The van der Waals surface area contributed by atoms with Gasteiger partial charge in [-0.15, -0.1) is 0 Å². The molecule has 0 unspecified atom stereocenters. The van der Waals surface area contributed by atoms with Crippen molar-refractivity contribution in [2.24, 2.45) is 0 Å². The predicted octanol–water partition coefficient (Wildman–Crippen LogP) is 4.37. The molecule has 2 amide bonds. The Morgan fingerprint density at radius 3 is 2.16 bits per heavy atom. The third-order valence-electron chi connectivity index (χ3n) is 5.96. The highest BCUT2D eigenvalue weighted by molar-refractivity contribution is 7.92. The molecule has 38 heavy (non-hydrogen) atoms. The van der Waals surface area contributed by atoms with Crippen LogP contribution in [-0.4, -0.2) is 44.8 Å². The molecule has 3 rings (SSSR count). The molecular weight excluding hydrogens is 519 g/mol. The highest BCUT2D eigenvalue weighted by Crippen LogP contribution is 2.33. The normalized spacial score (nSPS) is 12.5. The minimum absolute atomic E-state index is 0.0183. The van der Waals surface area contributed by atoms with E-state index in [1.54, 1.807) is 18.2 Å². The summed E-state index contributed by atoms with van der Waals surface area (Å²) in [5, 5.41) is 2.47. The zero-order valence-corrected chi connectivity index (χ0v) is 21.9. The molecule has 0 aliphatic heterocycles. The fraction of sp³-hybridized carbons (Fsp3) is 0.259. The van der Waals surface area contributed by atoms with Crippen LogP contribution in [0.1, 0.15) is 23.6 Å². The number of hydrogen-bond acceptors (Lipinski definition) is 4. The Morgan fingerprint density at radius 1 is 0.947 bits per heavy atom. The first-order valence-electron chi connectivity index (χ1n) is 11.7. The lowest BCUT2D eigenvalue weighted by Crippen LogP contribution is -2.50. The summed E-state index contributed by atoms with van der Waals surface area (Å²) in [6, 6.07) is 17.1. The van der Waals surface area contributed by atoms with Crippen LogP contribution in [0.15, 0.2) is 83.8 Å². The first-order valence-corrected chi connectivity index (χ1v) is 13.1. The predicted molar refractivity (Wildman–Crippen MR) is 138 cm³/mol. The molecule has 202 valence electrons. The van der Waals surface area contributed by atoms with Gasteiger partial charge in [-0.25, -0.2) is 8.42 Å². The number of benzene rings is 3. The molecule has 1 N–H and O–H groups in total. The summed E-state index contributed by atoms with van der Waals surface area (Å²) in [5.41, 5.74) is 0.276. The molecule has 3 aromatic carbocycles. The average molecular weight is 548 g/mol. The van der Waals surface area contributed by atoms with Crippen LogP contribution in [-0.2, 0) is 32.3 Å². The quantitative estimate of drug-likeness (QED) is 0.431. The van der Waals surface area contributed by atoms with Gasteiger partial charge in [-0.2, -0.15) is 13.2 Å². The number of nitrogens with one attached hydrogen (secondary N) is 1. The van der Waals surface area contributed by atoms with E-state index >= 15 is 0 Å². The first kappa shape index (κ1) is 28.7. The van der Waals surface area contributed by atoms with Crippen LogP contribution in [0.25, 0.3) is 0 Å². The summed E-state index contributed by atoms with van der Waals surface area (Å²) in [4.78, 5) is 27.1. The van der Waals surface area contributed by atoms with Crippen molar-refractivity contribution in [3.05, 3.63) is 95.6 Å². The number of sulfonamides is 1. The smallest absolute Gasteiger partial charge is 0.357 e. The lowest BCUT2D eigenvalue weighted by Gasteiger charge is -2.32. The highest BCUT2D eigenvalue weighted by atomic mass is 32.2. The number of aryl methyl sites for hydroxylation is 1. The van der Waals surface area contributed by atoms with Gasteiger partial charge in [-0.3, -0.25) is 13.9 Å². The third kappa shape index (κ3) is 6.71.